The highest BCUT2D eigenvalue weighted by Gasteiger charge is 2.47. The highest BCUT2D eigenvalue weighted by atomic mass is 19.1. The molecule has 69 heavy (non-hydrogen) atoms. The van der Waals surface area contributed by atoms with E-state index in [1.807, 2.05) is 84.9 Å². The second-order valence-corrected chi connectivity index (χ2v) is 17.8. The Kier molecular flexibility index (Phi) is 11.7. The molecular formula is C55H44FN3O10. The van der Waals surface area contributed by atoms with E-state index in [1.54, 1.807) is 31.1 Å². The normalized spacial score (nSPS) is 23.5. The number of halogens is 1. The van der Waals surface area contributed by atoms with Crippen LogP contribution in [0.2, 0.25) is 0 Å². The molecule has 4 fully saturated rings. The van der Waals surface area contributed by atoms with Crippen molar-refractivity contribution in [2.24, 2.45) is 0 Å². The molecular weight excluding hydrogens is 882 g/mol. The van der Waals surface area contributed by atoms with Crippen molar-refractivity contribution in [3.8, 4) is 52.2 Å². The van der Waals surface area contributed by atoms with Crippen molar-refractivity contribution in [2.45, 2.75) is 74.9 Å². The van der Waals surface area contributed by atoms with Crippen molar-refractivity contribution in [1.82, 2.24) is 9.97 Å². The summed E-state index contributed by atoms with van der Waals surface area (Å²) < 4.78 is 59.3. The molecule has 4 aromatic heterocycles. The Balaban J connectivity index is 0.000000151. The molecule has 13 nitrogen and oxygen atoms in total. The molecule has 0 radical (unpaired) electrons. The monoisotopic (exact) mass is 925 g/mol. The van der Waals surface area contributed by atoms with Crippen LogP contribution in [0.25, 0.3) is 43.9 Å². The highest BCUT2D eigenvalue weighted by Crippen LogP contribution is 2.43. The number of aromatic nitrogens is 2. The zero-order valence-electron chi connectivity index (χ0n) is 37.0. The molecule has 4 bridgehead atoms. The maximum Gasteiger partial charge on any atom is 0.161 e. The third kappa shape index (κ3) is 9.18. The lowest BCUT2D eigenvalue weighted by Crippen LogP contribution is -2.40. The number of benzene rings is 4. The Hall–Kier alpha value is -7.40. The van der Waals surface area contributed by atoms with Gasteiger partial charge in [0.05, 0.1) is 84.6 Å². The van der Waals surface area contributed by atoms with Crippen LogP contribution in [0.5, 0.6) is 11.5 Å². The van der Waals surface area contributed by atoms with Gasteiger partial charge in [0.15, 0.2) is 12.6 Å². The predicted molar refractivity (Wildman–Crippen MR) is 249 cm³/mol. The van der Waals surface area contributed by atoms with Crippen molar-refractivity contribution in [2.75, 3.05) is 13.2 Å². The van der Waals surface area contributed by atoms with Crippen LogP contribution in [0, 0.1) is 29.5 Å². The Morgan fingerprint density at radius 3 is 2.13 bits per heavy atom. The molecule has 4 saturated heterocycles. The molecule has 4 aliphatic rings. The van der Waals surface area contributed by atoms with E-state index >= 15 is 0 Å². The topological polar surface area (TPSA) is 172 Å². The first-order chi connectivity index (χ1) is 33.6. The summed E-state index contributed by atoms with van der Waals surface area (Å²) >= 11 is 0. The molecule has 0 saturated carbocycles. The summed E-state index contributed by atoms with van der Waals surface area (Å²) in [6.07, 6.45) is 12.5. The number of rotatable bonds is 10. The molecule has 6 unspecified atom stereocenters. The van der Waals surface area contributed by atoms with Gasteiger partial charge in [-0.05, 0) is 106 Å². The minimum atomic E-state index is -1.23. The maximum atomic E-state index is 14.5. The first-order valence-electron chi connectivity index (χ1n) is 22.5. The quantitative estimate of drug-likeness (QED) is 0.124. The van der Waals surface area contributed by atoms with Crippen molar-refractivity contribution >= 4 is 21.7 Å². The molecule has 12 rings (SSSR count). The summed E-state index contributed by atoms with van der Waals surface area (Å²) in [5.74, 6) is 3.12. The molecule has 4 aromatic carbocycles. The molecule has 0 aliphatic carbocycles. The van der Waals surface area contributed by atoms with Gasteiger partial charge in [-0.25, -0.2) is 9.37 Å². The number of nitrogens with zero attached hydrogens (tertiary/aromatic N) is 3. The third-order valence-corrected chi connectivity index (χ3v) is 13.0. The van der Waals surface area contributed by atoms with Crippen LogP contribution in [0.3, 0.4) is 0 Å². The van der Waals surface area contributed by atoms with Gasteiger partial charge in [0.1, 0.15) is 41.8 Å². The van der Waals surface area contributed by atoms with E-state index in [9.17, 15) is 19.9 Å². The van der Waals surface area contributed by atoms with Gasteiger partial charge in [-0.1, -0.05) is 30.2 Å². The number of hydrogen-bond donors (Lipinski definition) is 2. The number of ether oxygens (including phenoxy) is 6. The zero-order chi connectivity index (χ0) is 47.1. The largest absolute Gasteiger partial charge is 0.489 e. The summed E-state index contributed by atoms with van der Waals surface area (Å²) in [5, 5.41) is 34.7. The van der Waals surface area contributed by atoms with E-state index in [0.29, 0.717) is 66.5 Å². The van der Waals surface area contributed by atoms with Crippen LogP contribution in [0.15, 0.2) is 137 Å². The van der Waals surface area contributed by atoms with Gasteiger partial charge in [-0.15, -0.1) is 6.42 Å². The van der Waals surface area contributed by atoms with Crippen LogP contribution in [-0.2, 0) is 43.4 Å². The molecule has 0 amide bonds. The first-order valence-corrected chi connectivity index (χ1v) is 22.5. The fourth-order valence-electron chi connectivity index (χ4n) is 9.67. The Labute approximate surface area is 395 Å². The second kappa shape index (κ2) is 18.3. The third-order valence-electron chi connectivity index (χ3n) is 13.0. The second-order valence-electron chi connectivity index (χ2n) is 17.8. The van der Waals surface area contributed by atoms with Crippen LogP contribution in [0.4, 0.5) is 4.39 Å². The fourth-order valence-corrected chi connectivity index (χ4v) is 9.67. The van der Waals surface area contributed by atoms with Gasteiger partial charge in [-0.2, -0.15) is 5.26 Å². The number of aliphatic hydroxyl groups is 2. The molecule has 2 N–H and O–H groups in total. The highest BCUT2D eigenvalue weighted by molar-refractivity contribution is 5.98. The van der Waals surface area contributed by atoms with E-state index in [1.165, 1.54) is 12.1 Å². The molecule has 8 heterocycles. The minimum absolute atomic E-state index is 0.103. The summed E-state index contributed by atoms with van der Waals surface area (Å²) in [6.45, 7) is 1.39. The standard InChI is InChI=1S/C28H22FNO5.C27H22N2O5/c1-2-21-11-25(18-5-6-32-15-18)24-4-3-17(7-26(24)30-21)14-33-22-9-19(8-20(29)10-22)28(31)12-23-16-34-27(13-28)35-23;28-13-17-8-19-10-21(4-5-23(19)24(9-17)18-6-7-31-14-18)32-15-20-2-1-3-25(29-20)27(30)11-22-16-33-26(12-27)34-22/h1,3-11,15,23,27,31H,12-14,16H2;1-10,14,22,26,30H,11-12,15-16H2. The number of fused-ring (bicyclic) bond motifs is 6. The molecule has 0 spiro atoms. The molecule has 346 valence electrons. The van der Waals surface area contributed by atoms with Gasteiger partial charge in [0.25, 0.3) is 0 Å². The molecule has 6 atom stereocenters. The van der Waals surface area contributed by atoms with Crippen LogP contribution < -0.4 is 9.47 Å². The van der Waals surface area contributed by atoms with Gasteiger partial charge in [0.2, 0.25) is 0 Å². The molecule has 4 aliphatic heterocycles. The van der Waals surface area contributed by atoms with Crippen molar-refractivity contribution in [3.63, 3.8) is 0 Å². The van der Waals surface area contributed by atoms with E-state index in [0.717, 1.165) is 55.2 Å². The van der Waals surface area contributed by atoms with E-state index in [-0.39, 0.29) is 38.1 Å². The minimum Gasteiger partial charge on any atom is -0.489 e. The van der Waals surface area contributed by atoms with Gasteiger partial charge in [0, 0.05) is 48.3 Å². The smallest absolute Gasteiger partial charge is 0.161 e. The fraction of sp³-hybridized carbons (Fsp3) is 0.255. The number of nitriles is 1. The van der Waals surface area contributed by atoms with Crippen molar-refractivity contribution in [1.29, 1.82) is 5.26 Å². The Morgan fingerprint density at radius 1 is 0.710 bits per heavy atom. The summed E-state index contributed by atoms with van der Waals surface area (Å²) in [4.78, 5) is 9.24. The van der Waals surface area contributed by atoms with Crippen molar-refractivity contribution in [3.05, 3.63) is 168 Å². The summed E-state index contributed by atoms with van der Waals surface area (Å²) in [6, 6.07) is 33.1. The lowest BCUT2D eigenvalue weighted by molar-refractivity contribution is -0.161. The average Bonchev–Trinajstić information content (AvgIpc) is 4.22. The van der Waals surface area contributed by atoms with Crippen LogP contribution in [0.1, 0.15) is 59.5 Å². The van der Waals surface area contributed by atoms with E-state index in [2.05, 4.69) is 22.0 Å². The van der Waals surface area contributed by atoms with Gasteiger partial charge >= 0.3 is 0 Å². The molecule has 14 heteroatoms. The van der Waals surface area contributed by atoms with Crippen molar-refractivity contribution < 1.29 is 51.9 Å². The zero-order valence-corrected chi connectivity index (χ0v) is 37.0. The number of terminal acetylenes is 1. The average molecular weight is 926 g/mol. The summed E-state index contributed by atoms with van der Waals surface area (Å²) in [5.41, 5.74) is 5.85. The first kappa shape index (κ1) is 44.1. The van der Waals surface area contributed by atoms with E-state index in [4.69, 9.17) is 43.7 Å². The number of furan rings is 2. The van der Waals surface area contributed by atoms with E-state index < -0.39 is 23.3 Å². The van der Waals surface area contributed by atoms with Gasteiger partial charge in [-0.3, -0.25) is 4.98 Å². The Bertz CT molecular complexity index is 3250. The maximum absolute atomic E-state index is 14.5. The SMILES string of the molecule is C#Cc1cc(-c2ccoc2)c2ccc(COc3cc(F)cc(C4(O)CC5COC(C4)O5)c3)cc2n1.N#Cc1cc(-c2ccoc2)c2ccc(OCc3cccc(C4(O)CC5COC(C4)O5)n3)cc2c1. The summed E-state index contributed by atoms with van der Waals surface area (Å²) in [7, 11) is 0. The van der Waals surface area contributed by atoms with Crippen LogP contribution >= 0.6 is 0 Å². The Morgan fingerprint density at radius 2 is 1.42 bits per heavy atom. The van der Waals surface area contributed by atoms with Gasteiger partial charge < -0.3 is 47.5 Å². The predicted octanol–water partition coefficient (Wildman–Crippen LogP) is 9.59. The lowest BCUT2D eigenvalue weighted by atomic mass is 9.84. The molecule has 8 aromatic rings. The number of hydrogen-bond acceptors (Lipinski definition) is 13. The lowest BCUT2D eigenvalue weighted by Gasteiger charge is -2.35. The van der Waals surface area contributed by atoms with Crippen LogP contribution in [-0.4, -0.2) is 58.2 Å². The number of pyridine rings is 2.